The zero-order valence-corrected chi connectivity index (χ0v) is 34.0. The Bertz CT molecular complexity index is 2380. The van der Waals surface area contributed by atoms with Gasteiger partial charge < -0.3 is 20.4 Å². The van der Waals surface area contributed by atoms with Gasteiger partial charge in [-0.2, -0.15) is 4.99 Å². The highest BCUT2D eigenvalue weighted by atomic mass is 32.1. The molecule has 4 N–H and O–H groups in total. The monoisotopic (exact) mass is 852 g/mol. The number of nitrogens with zero attached hydrogens (tertiary/aromatic N) is 8. The molecule has 0 aliphatic rings. The maximum atomic E-state index is 11.8. The third-order valence-corrected chi connectivity index (χ3v) is 9.54. The fraction of sp³-hybridized carbons (Fsp3) is 0.200. The highest BCUT2D eigenvalue weighted by molar-refractivity contribution is 7.78. The zero-order valence-electron chi connectivity index (χ0n) is 33.2. The molecule has 0 radical (unpaired) electrons. The molecule has 0 fully saturated rings. The molecular weight excluding hydrogens is 813 g/mol. The Labute approximate surface area is 361 Å². The Morgan fingerprint density at radius 2 is 0.806 bits per heavy atom. The Morgan fingerprint density at radius 3 is 1.15 bits per heavy atom. The lowest BCUT2D eigenvalue weighted by Crippen LogP contribution is -2.26. The summed E-state index contributed by atoms with van der Waals surface area (Å²) in [5.74, 6) is -4.70. The first-order valence-corrected chi connectivity index (χ1v) is 19.7. The van der Waals surface area contributed by atoms with E-state index in [4.69, 9.17) is 17.2 Å². The Kier molecular flexibility index (Phi) is 15.1. The Balaban J connectivity index is 1.36. The maximum Gasteiger partial charge on any atom is 0.354 e. The minimum atomic E-state index is -1.17. The SMILES string of the molecule is O=C(O)c1cccc(CN(Cc2cc(CCCc3ccc(N=C=S)cc3)cc(CN(Cc3cccc(C(=O)O)n3)Cc3cccc(C(=O)O)n3)n2)Cc2cccc(C(=O)O)n2)n1. The largest absolute Gasteiger partial charge is 0.477 e. The predicted octanol–water partition coefficient (Wildman–Crippen LogP) is 6.77. The Hall–Kier alpha value is -7.43. The number of aliphatic imine (C=N–C) groups is 1. The molecule has 0 unspecified atom stereocenters. The number of aromatic nitrogens is 5. The lowest BCUT2D eigenvalue weighted by Gasteiger charge is -2.24. The number of aryl methyl sites for hydroxylation is 2. The summed E-state index contributed by atoms with van der Waals surface area (Å²) in [6.45, 7) is 1.15. The summed E-state index contributed by atoms with van der Waals surface area (Å²) < 4.78 is 0. The van der Waals surface area contributed by atoms with Gasteiger partial charge in [0, 0.05) is 39.3 Å². The van der Waals surface area contributed by atoms with E-state index in [-0.39, 0.29) is 62.0 Å². The smallest absolute Gasteiger partial charge is 0.354 e. The van der Waals surface area contributed by atoms with Crippen LogP contribution in [-0.2, 0) is 52.1 Å². The van der Waals surface area contributed by atoms with Crippen molar-refractivity contribution in [2.24, 2.45) is 4.99 Å². The zero-order chi connectivity index (χ0) is 44.0. The summed E-state index contributed by atoms with van der Waals surface area (Å²) >= 11 is 4.73. The van der Waals surface area contributed by atoms with Crippen LogP contribution in [0.5, 0.6) is 0 Å². The molecule has 17 heteroatoms. The minimum absolute atomic E-state index is 0.121. The number of carboxylic acid groups (broad SMARTS) is 4. The number of isothiocyanates is 1. The van der Waals surface area contributed by atoms with Crippen LogP contribution in [-0.4, -0.2) is 84.2 Å². The van der Waals surface area contributed by atoms with Gasteiger partial charge in [-0.25, -0.2) is 39.1 Å². The van der Waals surface area contributed by atoms with Gasteiger partial charge in [-0.05, 0) is 115 Å². The van der Waals surface area contributed by atoms with E-state index < -0.39 is 23.9 Å². The maximum absolute atomic E-state index is 11.8. The molecule has 0 spiro atoms. The van der Waals surface area contributed by atoms with E-state index in [0.717, 1.165) is 24.0 Å². The first kappa shape index (κ1) is 44.1. The number of hydrogen-bond acceptors (Lipinski definition) is 13. The topological polar surface area (TPSA) is 232 Å². The van der Waals surface area contributed by atoms with Gasteiger partial charge >= 0.3 is 23.9 Å². The van der Waals surface area contributed by atoms with Gasteiger partial charge in [0.25, 0.3) is 0 Å². The molecule has 1 aromatic carbocycles. The molecule has 0 saturated carbocycles. The number of aromatic carboxylic acids is 4. The molecule has 0 aliphatic carbocycles. The molecule has 5 heterocycles. The molecule has 6 aromatic rings. The minimum Gasteiger partial charge on any atom is -0.477 e. The van der Waals surface area contributed by atoms with E-state index in [1.54, 1.807) is 48.5 Å². The van der Waals surface area contributed by atoms with Crippen LogP contribution in [0, 0.1) is 0 Å². The lowest BCUT2D eigenvalue weighted by atomic mass is 10.0. The quantitative estimate of drug-likeness (QED) is 0.0432. The second-order valence-corrected chi connectivity index (χ2v) is 14.4. The number of benzene rings is 1. The van der Waals surface area contributed by atoms with Crippen molar-refractivity contribution >= 4 is 46.9 Å². The fourth-order valence-electron chi connectivity index (χ4n) is 6.77. The molecule has 5 aromatic heterocycles. The molecule has 0 saturated heterocycles. The molecule has 0 aliphatic heterocycles. The number of carbonyl (C=O) groups is 4. The second-order valence-electron chi connectivity index (χ2n) is 14.2. The van der Waals surface area contributed by atoms with E-state index in [1.165, 1.54) is 24.3 Å². The summed E-state index contributed by atoms with van der Waals surface area (Å²) in [6, 6.07) is 30.6. The van der Waals surface area contributed by atoms with Gasteiger partial charge in [-0.3, -0.25) is 14.8 Å². The van der Waals surface area contributed by atoms with Crippen molar-refractivity contribution in [3.8, 4) is 0 Å². The molecule has 0 atom stereocenters. The molecular formula is C45H40N8O8S. The molecule has 6 rings (SSSR count). The fourth-order valence-corrected chi connectivity index (χ4v) is 6.87. The molecule has 314 valence electrons. The van der Waals surface area contributed by atoms with Crippen molar-refractivity contribution in [1.29, 1.82) is 0 Å². The number of pyridine rings is 5. The van der Waals surface area contributed by atoms with Crippen LogP contribution in [0.15, 0.2) is 114 Å². The number of carboxylic acids is 4. The molecule has 16 nitrogen and oxygen atoms in total. The van der Waals surface area contributed by atoms with Crippen LogP contribution >= 0.6 is 12.2 Å². The van der Waals surface area contributed by atoms with Gasteiger partial charge in [0.1, 0.15) is 22.8 Å². The van der Waals surface area contributed by atoms with Gasteiger partial charge in [-0.1, -0.05) is 36.4 Å². The summed E-state index contributed by atoms with van der Waals surface area (Å²) in [5, 5.41) is 40.9. The van der Waals surface area contributed by atoms with Crippen molar-refractivity contribution in [3.05, 3.63) is 177 Å². The van der Waals surface area contributed by atoms with E-state index in [9.17, 15) is 39.6 Å². The van der Waals surface area contributed by atoms with E-state index in [0.29, 0.717) is 46.3 Å². The normalized spacial score (nSPS) is 11.0. The summed E-state index contributed by atoms with van der Waals surface area (Å²) in [4.78, 5) is 77.5. The third-order valence-electron chi connectivity index (χ3n) is 9.45. The highest BCUT2D eigenvalue weighted by Gasteiger charge is 2.19. The average molecular weight is 853 g/mol. The van der Waals surface area contributed by atoms with Gasteiger partial charge in [0.15, 0.2) is 0 Å². The summed E-state index contributed by atoms with van der Waals surface area (Å²) in [6.07, 6.45) is 2.21. The predicted molar refractivity (Wildman–Crippen MR) is 228 cm³/mol. The molecule has 0 amide bonds. The third kappa shape index (κ3) is 13.0. The van der Waals surface area contributed by atoms with Crippen molar-refractivity contribution in [1.82, 2.24) is 34.7 Å². The van der Waals surface area contributed by atoms with Crippen molar-refractivity contribution in [3.63, 3.8) is 0 Å². The Morgan fingerprint density at radius 1 is 0.468 bits per heavy atom. The van der Waals surface area contributed by atoms with E-state index >= 15 is 0 Å². The summed E-state index contributed by atoms with van der Waals surface area (Å²) in [7, 11) is 0. The van der Waals surface area contributed by atoms with Gasteiger partial charge in [-0.15, -0.1) is 0 Å². The van der Waals surface area contributed by atoms with Crippen molar-refractivity contribution in [2.75, 3.05) is 0 Å². The average Bonchev–Trinajstić information content (AvgIpc) is 3.24. The van der Waals surface area contributed by atoms with Crippen LogP contribution in [0.25, 0.3) is 0 Å². The van der Waals surface area contributed by atoms with Crippen LogP contribution in [0.3, 0.4) is 0 Å². The van der Waals surface area contributed by atoms with Crippen LogP contribution in [0.2, 0.25) is 0 Å². The highest BCUT2D eigenvalue weighted by Crippen LogP contribution is 2.20. The van der Waals surface area contributed by atoms with Gasteiger partial charge in [0.2, 0.25) is 0 Å². The number of thiocarbonyl (C=S) groups is 1. The number of hydrogen-bond donors (Lipinski definition) is 4. The van der Waals surface area contributed by atoms with Crippen LogP contribution in [0.1, 0.15) is 93.7 Å². The van der Waals surface area contributed by atoms with E-state index in [1.807, 2.05) is 46.2 Å². The lowest BCUT2D eigenvalue weighted by molar-refractivity contribution is 0.0679. The second kappa shape index (κ2) is 21.2. The van der Waals surface area contributed by atoms with Crippen molar-refractivity contribution < 1.29 is 39.6 Å². The first-order chi connectivity index (χ1) is 29.9. The van der Waals surface area contributed by atoms with Crippen LogP contribution in [0.4, 0.5) is 5.69 Å². The first-order valence-electron chi connectivity index (χ1n) is 19.3. The number of rotatable bonds is 21. The molecule has 62 heavy (non-hydrogen) atoms. The standard InChI is InChI=1S/C45H40N8O8S/c54-42(55)38-12-2-8-32(48-38)22-52(23-33-9-3-13-39(49-33)43(56)57)26-36-20-30(7-1-6-29-16-18-31(19-17-29)46-28-62)21-37(47-36)27-53(24-34-10-4-14-40(50-34)44(58)59)25-35-11-5-15-41(51-35)45(60)61/h2-5,8-21H,1,6-7,22-27H2,(H,54,55)(H,56,57)(H,58,59)(H,60,61). The molecule has 0 bridgehead atoms. The van der Waals surface area contributed by atoms with Gasteiger partial charge in [0.05, 0.1) is 45.0 Å². The van der Waals surface area contributed by atoms with E-state index in [2.05, 4.69) is 30.1 Å². The van der Waals surface area contributed by atoms with Crippen molar-refractivity contribution in [2.45, 2.75) is 58.5 Å². The van der Waals surface area contributed by atoms with Crippen LogP contribution < -0.4 is 0 Å². The summed E-state index contributed by atoms with van der Waals surface area (Å²) in [5.41, 5.74) is 5.49.